The normalized spacial score (nSPS) is 18.9. The fourth-order valence-corrected chi connectivity index (χ4v) is 2.49. The highest BCUT2D eigenvalue weighted by Gasteiger charge is 2.34. The predicted molar refractivity (Wildman–Crippen MR) is 80.0 cm³/mol. The Hall–Kier alpha value is -1.75. The summed E-state index contributed by atoms with van der Waals surface area (Å²) >= 11 is 0. The number of likely N-dealkylation sites (N-methyl/N-ethyl adjacent to an activating group) is 1. The van der Waals surface area contributed by atoms with Crippen molar-refractivity contribution in [2.45, 2.75) is 19.4 Å². The van der Waals surface area contributed by atoms with Gasteiger partial charge in [0.2, 0.25) is 0 Å². The molecule has 1 saturated heterocycles. The summed E-state index contributed by atoms with van der Waals surface area (Å²) in [5, 5.41) is 0. The van der Waals surface area contributed by atoms with Gasteiger partial charge in [0.15, 0.2) is 0 Å². The molecule has 2 N–H and O–H groups in total. The molecule has 1 fully saturated rings. The number of ether oxygens (including phenoxy) is 1. The number of benzene rings is 1. The van der Waals surface area contributed by atoms with E-state index in [2.05, 4.69) is 25.8 Å². The lowest BCUT2D eigenvalue weighted by molar-refractivity contribution is 0.0312. The number of anilines is 1. The summed E-state index contributed by atoms with van der Waals surface area (Å²) in [6.07, 6.45) is 0. The summed E-state index contributed by atoms with van der Waals surface area (Å²) in [6, 6.07) is 5.31. The highest BCUT2D eigenvalue weighted by atomic mass is 16.5. The third-order valence-electron chi connectivity index (χ3n) is 4.12. The molecule has 1 amide bonds. The number of hydrogen-bond acceptors (Lipinski definition) is 4. The lowest BCUT2D eigenvalue weighted by atomic mass is 9.99. The van der Waals surface area contributed by atoms with E-state index in [1.54, 1.807) is 25.3 Å². The highest BCUT2D eigenvalue weighted by molar-refractivity contribution is 6.00. The van der Waals surface area contributed by atoms with Crippen LogP contribution in [0.4, 0.5) is 5.69 Å². The Morgan fingerprint density at radius 1 is 1.35 bits per heavy atom. The summed E-state index contributed by atoms with van der Waals surface area (Å²) in [7, 11) is 3.64. The fraction of sp³-hybridized carbons (Fsp3) is 0.533. The number of carbonyl (C=O) groups excluding carboxylic acids is 1. The van der Waals surface area contributed by atoms with Gasteiger partial charge in [-0.25, -0.2) is 0 Å². The number of nitrogen functional groups attached to an aromatic ring is 1. The van der Waals surface area contributed by atoms with Gasteiger partial charge in [-0.2, -0.15) is 0 Å². The average molecular weight is 277 g/mol. The predicted octanol–water partition coefficient (Wildman–Crippen LogP) is 1.44. The van der Waals surface area contributed by atoms with Crippen molar-refractivity contribution in [1.82, 2.24) is 9.80 Å². The maximum Gasteiger partial charge on any atom is 0.256 e. The number of methoxy groups -OCH3 is 1. The van der Waals surface area contributed by atoms with Crippen LogP contribution in [0.5, 0.6) is 5.75 Å². The number of nitrogens with two attached hydrogens (primary N) is 1. The van der Waals surface area contributed by atoms with Crippen LogP contribution in [0.3, 0.4) is 0 Å². The number of carbonyl (C=O) groups is 1. The van der Waals surface area contributed by atoms with E-state index in [0.717, 1.165) is 13.1 Å². The van der Waals surface area contributed by atoms with Crippen molar-refractivity contribution in [2.24, 2.45) is 0 Å². The molecular formula is C15H23N3O2. The van der Waals surface area contributed by atoms with Gasteiger partial charge in [0.25, 0.3) is 5.91 Å². The van der Waals surface area contributed by atoms with Gasteiger partial charge < -0.3 is 15.4 Å². The Morgan fingerprint density at radius 2 is 2.05 bits per heavy atom. The molecule has 0 saturated carbocycles. The van der Waals surface area contributed by atoms with Gasteiger partial charge in [-0.1, -0.05) is 6.07 Å². The van der Waals surface area contributed by atoms with Crippen molar-refractivity contribution in [3.05, 3.63) is 23.8 Å². The molecule has 0 bridgehead atoms. The van der Waals surface area contributed by atoms with Crippen LogP contribution < -0.4 is 10.5 Å². The third-order valence-corrected chi connectivity index (χ3v) is 4.12. The summed E-state index contributed by atoms with van der Waals surface area (Å²) in [6.45, 7) is 6.56. The summed E-state index contributed by atoms with van der Waals surface area (Å²) in [4.78, 5) is 16.8. The number of piperazine rings is 1. The quantitative estimate of drug-likeness (QED) is 0.831. The maximum absolute atomic E-state index is 12.7. The van der Waals surface area contributed by atoms with Gasteiger partial charge in [0.1, 0.15) is 5.75 Å². The van der Waals surface area contributed by atoms with Crippen LogP contribution in [0.2, 0.25) is 0 Å². The number of nitrogens with zero attached hydrogens (tertiary/aromatic N) is 2. The van der Waals surface area contributed by atoms with Gasteiger partial charge >= 0.3 is 0 Å². The Bertz CT molecular complexity index is 514. The molecule has 20 heavy (non-hydrogen) atoms. The van der Waals surface area contributed by atoms with E-state index in [1.807, 2.05) is 4.90 Å². The van der Waals surface area contributed by atoms with Crippen molar-refractivity contribution in [2.75, 3.05) is 39.5 Å². The van der Waals surface area contributed by atoms with Crippen LogP contribution in [0, 0.1) is 0 Å². The van der Waals surface area contributed by atoms with Gasteiger partial charge in [-0.05, 0) is 33.0 Å². The van der Waals surface area contributed by atoms with Gasteiger partial charge in [-0.15, -0.1) is 0 Å². The van der Waals surface area contributed by atoms with Crippen LogP contribution in [-0.4, -0.2) is 55.0 Å². The minimum absolute atomic E-state index is 0.0254. The zero-order valence-electron chi connectivity index (χ0n) is 12.6. The first-order chi connectivity index (χ1) is 9.36. The first-order valence-electron chi connectivity index (χ1n) is 6.80. The van der Waals surface area contributed by atoms with Crippen LogP contribution in [0.1, 0.15) is 24.2 Å². The molecule has 1 aromatic rings. The largest absolute Gasteiger partial charge is 0.495 e. The topological polar surface area (TPSA) is 58.8 Å². The van der Waals surface area contributed by atoms with E-state index in [1.165, 1.54) is 0 Å². The lowest BCUT2D eigenvalue weighted by Gasteiger charge is -2.45. The summed E-state index contributed by atoms with van der Waals surface area (Å²) < 4.78 is 5.18. The standard InChI is InChI=1S/C15H23N3O2/c1-15(2)10-18(9-8-17(15)3)14(19)11-6-5-7-12(20-4)13(11)16/h5-7H,8-10,16H2,1-4H3. The molecule has 5 heteroatoms. The molecule has 1 heterocycles. The molecule has 1 aromatic carbocycles. The summed E-state index contributed by atoms with van der Waals surface area (Å²) in [5.74, 6) is 0.520. The Labute approximate surface area is 120 Å². The second kappa shape index (κ2) is 5.32. The monoisotopic (exact) mass is 277 g/mol. The molecule has 0 aromatic heterocycles. The van der Waals surface area contributed by atoms with Crippen molar-refractivity contribution >= 4 is 11.6 Å². The summed E-state index contributed by atoms with van der Waals surface area (Å²) in [5.41, 5.74) is 6.92. The molecule has 0 unspecified atom stereocenters. The highest BCUT2D eigenvalue weighted by Crippen LogP contribution is 2.27. The zero-order valence-corrected chi connectivity index (χ0v) is 12.6. The van der Waals surface area contributed by atoms with Crippen molar-refractivity contribution in [1.29, 1.82) is 0 Å². The van der Waals surface area contributed by atoms with Crippen molar-refractivity contribution < 1.29 is 9.53 Å². The smallest absolute Gasteiger partial charge is 0.256 e. The van der Waals surface area contributed by atoms with E-state index < -0.39 is 0 Å². The van der Waals surface area contributed by atoms with Crippen LogP contribution in [0.15, 0.2) is 18.2 Å². The zero-order chi connectivity index (χ0) is 14.9. The van der Waals surface area contributed by atoms with Gasteiger partial charge in [-0.3, -0.25) is 9.69 Å². The molecule has 1 aliphatic rings. The number of amides is 1. The second-order valence-corrected chi connectivity index (χ2v) is 5.88. The van der Waals surface area contributed by atoms with Gasteiger partial charge in [0, 0.05) is 25.2 Å². The molecular weight excluding hydrogens is 254 g/mol. The van der Waals surface area contributed by atoms with Crippen molar-refractivity contribution in [3.63, 3.8) is 0 Å². The average Bonchev–Trinajstić information content (AvgIpc) is 2.41. The number of hydrogen-bond donors (Lipinski definition) is 1. The molecule has 2 rings (SSSR count). The third kappa shape index (κ3) is 2.58. The fourth-order valence-electron chi connectivity index (χ4n) is 2.49. The molecule has 5 nitrogen and oxygen atoms in total. The van der Waals surface area contributed by atoms with E-state index in [-0.39, 0.29) is 11.4 Å². The maximum atomic E-state index is 12.7. The van der Waals surface area contributed by atoms with E-state index in [9.17, 15) is 4.79 Å². The van der Waals surface area contributed by atoms with Crippen LogP contribution >= 0.6 is 0 Å². The Kier molecular flexibility index (Phi) is 3.90. The molecule has 0 radical (unpaired) electrons. The molecule has 0 spiro atoms. The molecule has 0 atom stereocenters. The molecule has 110 valence electrons. The van der Waals surface area contributed by atoms with E-state index >= 15 is 0 Å². The Morgan fingerprint density at radius 3 is 2.65 bits per heavy atom. The van der Waals surface area contributed by atoms with E-state index in [0.29, 0.717) is 23.5 Å². The minimum Gasteiger partial charge on any atom is -0.495 e. The van der Waals surface area contributed by atoms with Gasteiger partial charge in [0.05, 0.1) is 18.4 Å². The van der Waals surface area contributed by atoms with Crippen molar-refractivity contribution in [3.8, 4) is 5.75 Å². The number of para-hydroxylation sites is 1. The first-order valence-corrected chi connectivity index (χ1v) is 6.80. The lowest BCUT2D eigenvalue weighted by Crippen LogP contribution is -2.58. The van der Waals surface area contributed by atoms with E-state index in [4.69, 9.17) is 10.5 Å². The van der Waals surface area contributed by atoms with Crippen LogP contribution in [0.25, 0.3) is 0 Å². The first kappa shape index (κ1) is 14.7. The SMILES string of the molecule is COc1cccc(C(=O)N2CCN(C)C(C)(C)C2)c1N. The second-order valence-electron chi connectivity index (χ2n) is 5.88. The number of rotatable bonds is 2. The molecule has 1 aliphatic heterocycles. The van der Waals surface area contributed by atoms with Crippen LogP contribution in [-0.2, 0) is 0 Å². The minimum atomic E-state index is -0.0263. The Balaban J connectivity index is 2.24. The molecule has 0 aliphatic carbocycles.